The lowest BCUT2D eigenvalue weighted by atomic mass is 9.89. The highest BCUT2D eigenvalue weighted by molar-refractivity contribution is 7.46. The maximum atomic E-state index is 11.5. The molecule has 2 aliphatic heterocycles. The molecule has 0 aliphatic carbocycles. The minimum absolute atomic E-state index is 0.0150. The summed E-state index contributed by atoms with van der Waals surface area (Å²) in [6, 6.07) is 18.5. The van der Waals surface area contributed by atoms with Crippen LogP contribution in [0.4, 0.5) is 0 Å². The number of hydrogen-bond donors (Lipinski definition) is 3. The summed E-state index contributed by atoms with van der Waals surface area (Å²) in [5.41, 5.74) is -0.458. The molecule has 0 unspecified atom stereocenters. The maximum Gasteiger partial charge on any atom is 0.470 e. The number of phosphoric ester groups is 1. The largest absolute Gasteiger partial charge is 0.470 e. The fourth-order valence-electron chi connectivity index (χ4n) is 5.10. The summed E-state index contributed by atoms with van der Waals surface area (Å²) in [5, 5.41) is 16.6. The number of hydrogen-bond acceptors (Lipinski definition) is 5. The first kappa shape index (κ1) is 18.7. The molecule has 2 bridgehead atoms. The number of aliphatic hydroxyl groups is 1. The normalized spacial score (nSPS) is 29.0. The highest BCUT2D eigenvalue weighted by atomic mass is 31.2. The predicted molar refractivity (Wildman–Crippen MR) is 110 cm³/mol. The Balaban J connectivity index is 1.54. The van der Waals surface area contributed by atoms with Gasteiger partial charge in [-0.1, -0.05) is 54.6 Å². The van der Waals surface area contributed by atoms with E-state index in [0.717, 1.165) is 32.5 Å². The van der Waals surface area contributed by atoms with Crippen molar-refractivity contribution in [1.82, 2.24) is 0 Å². The van der Waals surface area contributed by atoms with Gasteiger partial charge in [-0.25, -0.2) is 4.57 Å². The molecule has 7 nitrogen and oxygen atoms in total. The second-order valence-corrected chi connectivity index (χ2v) is 9.26. The summed E-state index contributed by atoms with van der Waals surface area (Å²) < 4.78 is 28.5. The van der Waals surface area contributed by atoms with E-state index in [-0.39, 0.29) is 6.61 Å². The molecule has 0 saturated carbocycles. The summed E-state index contributed by atoms with van der Waals surface area (Å²) in [6.07, 6.45) is -2.41. The van der Waals surface area contributed by atoms with Gasteiger partial charge in [-0.05, 0) is 37.9 Å². The van der Waals surface area contributed by atoms with Gasteiger partial charge in [-0.3, -0.25) is 4.52 Å². The van der Waals surface area contributed by atoms with E-state index in [0.29, 0.717) is 0 Å². The van der Waals surface area contributed by atoms with E-state index in [2.05, 4.69) is 30.3 Å². The van der Waals surface area contributed by atoms with Crippen LogP contribution in [0.15, 0.2) is 54.6 Å². The Morgan fingerprint density at radius 1 is 1.00 bits per heavy atom. The van der Waals surface area contributed by atoms with Crippen LogP contribution in [0.5, 0.6) is 0 Å². The monoisotopic (exact) mass is 426 g/mol. The van der Waals surface area contributed by atoms with E-state index in [1.807, 2.05) is 24.3 Å². The van der Waals surface area contributed by atoms with E-state index >= 15 is 0 Å². The third-order valence-electron chi connectivity index (χ3n) is 6.38. The zero-order chi connectivity index (χ0) is 20.7. The first-order valence-corrected chi connectivity index (χ1v) is 11.2. The zero-order valence-corrected chi connectivity index (χ0v) is 16.7. The summed E-state index contributed by atoms with van der Waals surface area (Å²) in [5.74, 6) is 0. The molecule has 2 heterocycles. The molecule has 4 aromatic carbocycles. The lowest BCUT2D eigenvalue weighted by Gasteiger charge is -2.30. The lowest BCUT2D eigenvalue weighted by molar-refractivity contribution is -0.162. The molecule has 2 saturated heterocycles. The molecule has 6 rings (SSSR count). The number of benzene rings is 4. The second kappa shape index (κ2) is 6.22. The highest BCUT2D eigenvalue weighted by Crippen LogP contribution is 2.54. The molecule has 0 spiro atoms. The van der Waals surface area contributed by atoms with Crippen LogP contribution in [0.25, 0.3) is 32.3 Å². The smallest absolute Gasteiger partial charge is 0.393 e. The summed E-state index contributed by atoms with van der Waals surface area (Å²) in [4.78, 5) is 18.7. The quantitative estimate of drug-likeness (QED) is 0.340. The molecule has 0 radical (unpaired) electrons. The Morgan fingerprint density at radius 3 is 2.37 bits per heavy atom. The van der Waals surface area contributed by atoms with Crippen LogP contribution >= 0.6 is 7.82 Å². The van der Waals surface area contributed by atoms with E-state index in [9.17, 15) is 19.5 Å². The molecular weight excluding hydrogens is 407 g/mol. The second-order valence-electron chi connectivity index (χ2n) is 8.06. The molecule has 2 fully saturated rings. The van der Waals surface area contributed by atoms with Crippen molar-refractivity contribution in [2.45, 2.75) is 23.9 Å². The standard InChI is InChI=1S/C22H19O7P/c23-10-22-11-27-20(21(22)29-30(24,25)26)19(28-22)16-9-7-14-5-4-12-2-1-3-13-6-8-15(16)18(14)17(12)13/h1-9,19-21,23H,10-11H2,(H2,24,25,26)/t19-,20-,21-,22-/m0/s1. The predicted octanol–water partition coefficient (Wildman–Crippen LogP) is 3.26. The number of fused-ring (bicyclic) bond motifs is 2. The van der Waals surface area contributed by atoms with Crippen molar-refractivity contribution in [3.63, 3.8) is 0 Å². The van der Waals surface area contributed by atoms with E-state index in [4.69, 9.17) is 14.0 Å². The van der Waals surface area contributed by atoms with Crippen LogP contribution < -0.4 is 0 Å². The summed E-state index contributed by atoms with van der Waals surface area (Å²) >= 11 is 0. The van der Waals surface area contributed by atoms with Crippen molar-refractivity contribution in [3.05, 3.63) is 60.2 Å². The van der Waals surface area contributed by atoms with Crippen LogP contribution in [-0.2, 0) is 18.6 Å². The average molecular weight is 426 g/mol. The molecule has 4 aromatic rings. The fourth-order valence-corrected chi connectivity index (χ4v) is 5.70. The molecular formula is C22H19O7P. The van der Waals surface area contributed by atoms with Crippen LogP contribution in [0.2, 0.25) is 0 Å². The van der Waals surface area contributed by atoms with Gasteiger partial charge in [-0.2, -0.15) is 0 Å². The number of ether oxygens (including phenoxy) is 2. The Hall–Kier alpha value is -2.09. The zero-order valence-electron chi connectivity index (χ0n) is 15.8. The molecule has 2 aliphatic rings. The van der Waals surface area contributed by atoms with Crippen LogP contribution in [0, 0.1) is 0 Å². The first-order valence-electron chi connectivity index (χ1n) is 9.71. The van der Waals surface area contributed by atoms with Crippen LogP contribution in [0.1, 0.15) is 11.7 Å². The van der Waals surface area contributed by atoms with Gasteiger partial charge in [0.2, 0.25) is 0 Å². The molecule has 154 valence electrons. The van der Waals surface area contributed by atoms with Crippen LogP contribution in [0.3, 0.4) is 0 Å². The van der Waals surface area contributed by atoms with Crippen molar-refractivity contribution in [2.24, 2.45) is 0 Å². The maximum absolute atomic E-state index is 11.5. The topological polar surface area (TPSA) is 105 Å². The summed E-state index contributed by atoms with van der Waals surface area (Å²) in [6.45, 7) is -0.447. The first-order chi connectivity index (χ1) is 14.4. The lowest BCUT2D eigenvalue weighted by Crippen LogP contribution is -2.44. The van der Waals surface area contributed by atoms with Crippen molar-refractivity contribution in [2.75, 3.05) is 13.2 Å². The minimum atomic E-state index is -4.79. The third-order valence-corrected chi connectivity index (χ3v) is 6.89. The van der Waals surface area contributed by atoms with Crippen LogP contribution in [-0.4, -0.2) is 45.9 Å². The number of phosphoric acid groups is 1. The molecule has 4 atom stereocenters. The molecule has 0 aromatic heterocycles. The number of aliphatic hydroxyl groups excluding tert-OH is 1. The third kappa shape index (κ3) is 2.52. The van der Waals surface area contributed by atoms with E-state index in [1.165, 1.54) is 5.39 Å². The number of rotatable bonds is 4. The van der Waals surface area contributed by atoms with Gasteiger partial charge in [0.1, 0.15) is 23.9 Å². The van der Waals surface area contributed by atoms with E-state index < -0.39 is 38.3 Å². The Kier molecular flexibility index (Phi) is 3.87. The Morgan fingerprint density at radius 2 is 1.67 bits per heavy atom. The molecule has 8 heteroatoms. The van der Waals surface area contributed by atoms with Gasteiger partial charge >= 0.3 is 7.82 Å². The highest BCUT2D eigenvalue weighted by Gasteiger charge is 2.64. The minimum Gasteiger partial charge on any atom is -0.393 e. The van der Waals surface area contributed by atoms with Crippen molar-refractivity contribution >= 4 is 40.1 Å². The van der Waals surface area contributed by atoms with Gasteiger partial charge in [-0.15, -0.1) is 0 Å². The molecule has 30 heavy (non-hydrogen) atoms. The Bertz CT molecular complexity index is 1320. The van der Waals surface area contributed by atoms with Gasteiger partial charge in [0.15, 0.2) is 0 Å². The van der Waals surface area contributed by atoms with E-state index in [1.54, 1.807) is 0 Å². The van der Waals surface area contributed by atoms with Gasteiger partial charge in [0.25, 0.3) is 0 Å². The van der Waals surface area contributed by atoms with Gasteiger partial charge in [0.05, 0.1) is 13.2 Å². The van der Waals surface area contributed by atoms with Gasteiger partial charge in [0, 0.05) is 0 Å². The molecule has 0 amide bonds. The van der Waals surface area contributed by atoms with Crippen molar-refractivity contribution in [3.8, 4) is 0 Å². The van der Waals surface area contributed by atoms with Gasteiger partial charge < -0.3 is 24.4 Å². The SMILES string of the molecule is O=P(O)(O)O[C@H]1[C@H]2OC[C@]1(CO)O[C@H]2c1ccc2ccc3cccc4ccc1c2c34. The summed E-state index contributed by atoms with van der Waals surface area (Å²) in [7, 11) is -4.79. The van der Waals surface area contributed by atoms with Crippen molar-refractivity contribution in [1.29, 1.82) is 0 Å². The Labute approximate surface area is 171 Å². The fraction of sp³-hybridized carbons (Fsp3) is 0.273. The average Bonchev–Trinajstić information content (AvgIpc) is 3.22. The van der Waals surface area contributed by atoms with Crippen molar-refractivity contribution < 1.29 is 33.5 Å². The molecule has 3 N–H and O–H groups in total.